The fourth-order valence-electron chi connectivity index (χ4n) is 0.729. The average Bonchev–Trinajstić information content (AvgIpc) is 2.03. The van der Waals surface area contributed by atoms with Crippen LogP contribution >= 0.6 is 8.25 Å². The Morgan fingerprint density at radius 1 is 1.07 bits per heavy atom. The third kappa shape index (κ3) is 50.7. The molecule has 0 aliphatic heterocycles. The SMILES string of the molecule is C.CCC[CH2][Sn][CH2]CCC.O=[P+](O)O.[Fe]. The van der Waals surface area contributed by atoms with Gasteiger partial charge in [-0.15, -0.1) is 9.79 Å². The Labute approximate surface area is 116 Å². The fraction of sp³-hybridized carbons (Fsp3) is 1.00. The molecule has 0 rings (SSSR count). The zero-order valence-corrected chi connectivity index (χ0v) is 13.7. The Kier molecular flexibility index (Phi) is 41.3. The maximum Gasteiger partial charge on any atom is 0.692 e. The van der Waals surface area contributed by atoms with Gasteiger partial charge in [-0.05, 0) is 0 Å². The monoisotopic (exact) mass is 387 g/mol. The normalized spacial score (nSPS) is 7.73. The topological polar surface area (TPSA) is 57.5 Å². The van der Waals surface area contributed by atoms with Crippen LogP contribution in [-0.4, -0.2) is 30.9 Å². The summed E-state index contributed by atoms with van der Waals surface area (Å²) in [5.74, 6) is 0. The Morgan fingerprint density at radius 2 is 1.33 bits per heavy atom. The molecule has 0 atom stereocenters. The summed E-state index contributed by atoms with van der Waals surface area (Å²) in [4.78, 5) is 14.2. The van der Waals surface area contributed by atoms with Gasteiger partial charge < -0.3 is 0 Å². The molecule has 0 amide bonds. The molecule has 2 radical (unpaired) electrons. The first kappa shape index (κ1) is 25.2. The van der Waals surface area contributed by atoms with Gasteiger partial charge in [0.1, 0.15) is 0 Å². The first-order chi connectivity index (χ1) is 6.15. The van der Waals surface area contributed by atoms with Gasteiger partial charge in [0.05, 0.1) is 0 Å². The minimum atomic E-state index is -2.87. The number of unbranched alkanes of at least 4 members (excludes halogenated alkanes) is 2. The first-order valence-corrected chi connectivity index (χ1v) is 9.91. The van der Waals surface area contributed by atoms with Crippen molar-refractivity contribution in [2.45, 2.75) is 55.8 Å². The van der Waals surface area contributed by atoms with Gasteiger partial charge in [-0.2, -0.15) is 0 Å². The summed E-state index contributed by atoms with van der Waals surface area (Å²) in [5.41, 5.74) is 0. The molecule has 3 nitrogen and oxygen atoms in total. The summed E-state index contributed by atoms with van der Waals surface area (Å²) in [6.07, 6.45) is 5.84. The fourth-order valence-corrected chi connectivity index (χ4v) is 4.89. The van der Waals surface area contributed by atoms with Crippen LogP contribution in [-0.2, 0) is 21.6 Å². The third-order valence-electron chi connectivity index (χ3n) is 1.41. The van der Waals surface area contributed by atoms with E-state index in [1.54, 1.807) is 8.87 Å². The van der Waals surface area contributed by atoms with E-state index in [1.807, 2.05) is 0 Å². The molecule has 0 bridgehead atoms. The van der Waals surface area contributed by atoms with Crippen molar-refractivity contribution in [3.63, 3.8) is 0 Å². The molecule has 0 spiro atoms. The summed E-state index contributed by atoms with van der Waals surface area (Å²) in [5, 5.41) is 0. The van der Waals surface area contributed by atoms with Crippen LogP contribution in [0, 0.1) is 0 Å². The third-order valence-corrected chi connectivity index (χ3v) is 5.45. The van der Waals surface area contributed by atoms with Gasteiger partial charge in [0.25, 0.3) is 0 Å². The van der Waals surface area contributed by atoms with Crippen molar-refractivity contribution in [2.75, 3.05) is 0 Å². The van der Waals surface area contributed by atoms with E-state index in [4.69, 9.17) is 14.4 Å². The van der Waals surface area contributed by atoms with Crippen LogP contribution < -0.4 is 0 Å². The van der Waals surface area contributed by atoms with Crippen LogP contribution in [0.3, 0.4) is 0 Å². The Bertz CT molecular complexity index is 108. The predicted octanol–water partition coefficient (Wildman–Crippen LogP) is 3.39. The van der Waals surface area contributed by atoms with Crippen LogP contribution in [0.15, 0.2) is 0 Å². The second kappa shape index (κ2) is 24.5. The van der Waals surface area contributed by atoms with E-state index in [9.17, 15) is 0 Å². The van der Waals surface area contributed by atoms with Crippen LogP contribution in [0.2, 0.25) is 8.87 Å². The van der Waals surface area contributed by atoms with Crippen molar-refractivity contribution in [1.29, 1.82) is 0 Å². The second-order valence-electron chi connectivity index (χ2n) is 2.71. The molecule has 2 N–H and O–H groups in total. The predicted molar refractivity (Wildman–Crippen MR) is 64.0 cm³/mol. The molecule has 0 aromatic rings. The van der Waals surface area contributed by atoms with Crippen molar-refractivity contribution in [1.82, 2.24) is 0 Å². The van der Waals surface area contributed by atoms with Crippen molar-refractivity contribution in [3.8, 4) is 0 Å². The van der Waals surface area contributed by atoms with Crippen molar-refractivity contribution in [2.24, 2.45) is 0 Å². The summed E-state index contributed by atoms with van der Waals surface area (Å²) in [6, 6.07) is 0. The van der Waals surface area contributed by atoms with E-state index in [0.29, 0.717) is 0 Å². The van der Waals surface area contributed by atoms with Gasteiger partial charge in [-0.3, -0.25) is 0 Å². The largest absolute Gasteiger partial charge is 0.692 e. The minimum Gasteiger partial charge on any atom is -0.134 e. The zero-order chi connectivity index (χ0) is 10.5. The van der Waals surface area contributed by atoms with Gasteiger partial charge in [0.15, 0.2) is 0 Å². The van der Waals surface area contributed by atoms with Gasteiger partial charge in [-0.1, -0.05) is 7.43 Å². The summed E-state index contributed by atoms with van der Waals surface area (Å²) >= 11 is 0.149. The Hall–Kier alpha value is 1.34. The number of rotatable bonds is 6. The van der Waals surface area contributed by atoms with Crippen molar-refractivity contribution in [3.05, 3.63) is 0 Å². The average molecular weight is 386 g/mol. The van der Waals surface area contributed by atoms with Crippen LogP contribution in [0.25, 0.3) is 0 Å². The van der Waals surface area contributed by atoms with Crippen LogP contribution in [0.4, 0.5) is 0 Å². The molecule has 0 unspecified atom stereocenters. The van der Waals surface area contributed by atoms with Gasteiger partial charge in [-0.25, -0.2) is 0 Å². The zero-order valence-electron chi connectivity index (χ0n) is 8.85. The van der Waals surface area contributed by atoms with E-state index in [0.717, 1.165) is 0 Å². The van der Waals surface area contributed by atoms with Crippen LogP contribution in [0.5, 0.6) is 0 Å². The van der Waals surface area contributed by atoms with Crippen molar-refractivity contribution >= 4 is 29.4 Å². The molecule has 94 valence electrons. The number of hydrogen-bond acceptors (Lipinski definition) is 1. The van der Waals surface area contributed by atoms with Gasteiger partial charge in [0.2, 0.25) is 0 Å². The summed E-state index contributed by atoms with van der Waals surface area (Å²) in [6.45, 7) is 4.58. The van der Waals surface area contributed by atoms with E-state index < -0.39 is 8.25 Å². The molecule has 0 heterocycles. The molecular weight excluding hydrogens is 362 g/mol. The molecule has 6 heteroatoms. The Balaban J connectivity index is -0.0000000883. The maximum absolute atomic E-state index is 8.70. The quantitative estimate of drug-likeness (QED) is 0.418. The second-order valence-corrected chi connectivity index (χ2v) is 7.50. The summed E-state index contributed by atoms with van der Waals surface area (Å²) in [7, 11) is -2.87. The molecule has 0 saturated carbocycles. The van der Waals surface area contributed by atoms with Crippen molar-refractivity contribution < 1.29 is 31.4 Å². The van der Waals surface area contributed by atoms with Gasteiger partial charge >= 0.3 is 77.8 Å². The molecule has 0 saturated heterocycles. The van der Waals surface area contributed by atoms with E-state index in [2.05, 4.69) is 13.8 Å². The molecule has 0 fully saturated rings. The standard InChI is InChI=1S/2C4H9.CH4.Fe.HO3P.Sn/c2*1-3-4-2;;;1-4(2)3;/h2*1,3-4H2,2H3;1H4;;(H-,1,2,3);/p+1. The van der Waals surface area contributed by atoms with E-state index in [-0.39, 0.29) is 45.6 Å². The molecule has 0 aliphatic carbocycles. The molecule has 0 aliphatic rings. The maximum atomic E-state index is 8.70. The summed E-state index contributed by atoms with van der Waals surface area (Å²) < 4.78 is 12.0. The minimum absolute atomic E-state index is 0. The molecular formula is C9H24FeO3PSn+. The van der Waals surface area contributed by atoms with E-state index in [1.165, 1.54) is 25.7 Å². The van der Waals surface area contributed by atoms with Gasteiger partial charge in [0, 0.05) is 21.6 Å². The molecule has 0 aromatic carbocycles. The molecule has 0 aromatic heterocycles. The molecule has 15 heavy (non-hydrogen) atoms. The van der Waals surface area contributed by atoms with Crippen LogP contribution in [0.1, 0.15) is 47.0 Å². The first-order valence-electron chi connectivity index (χ1n) is 4.70. The Morgan fingerprint density at radius 3 is 1.53 bits per heavy atom. The number of hydrogen-bond donors (Lipinski definition) is 2. The van der Waals surface area contributed by atoms with E-state index >= 15 is 0 Å². The smallest absolute Gasteiger partial charge is 0.134 e.